The van der Waals surface area contributed by atoms with Crippen LogP contribution in [0.15, 0.2) is 24.3 Å². The number of hydrogen-bond donors (Lipinski definition) is 1. The van der Waals surface area contributed by atoms with Crippen LogP contribution in [0.1, 0.15) is 38.3 Å². The van der Waals surface area contributed by atoms with E-state index in [1.807, 2.05) is 32.0 Å². The molecule has 0 saturated heterocycles. The van der Waals surface area contributed by atoms with Crippen molar-refractivity contribution in [3.63, 3.8) is 0 Å². The molecule has 1 atom stereocenters. The summed E-state index contributed by atoms with van der Waals surface area (Å²) in [5.74, 6) is 1.62. The van der Waals surface area contributed by atoms with Crippen LogP contribution >= 0.6 is 0 Å². The van der Waals surface area contributed by atoms with Crippen molar-refractivity contribution in [1.82, 2.24) is 0 Å². The van der Waals surface area contributed by atoms with E-state index in [-0.39, 0.29) is 12.1 Å². The SMILES string of the molecule is CC(C)Oc1ccccc1C(N)C1CC1. The van der Waals surface area contributed by atoms with Crippen LogP contribution in [-0.2, 0) is 0 Å². The van der Waals surface area contributed by atoms with Gasteiger partial charge in [0, 0.05) is 11.6 Å². The largest absolute Gasteiger partial charge is 0.491 e. The lowest BCUT2D eigenvalue weighted by molar-refractivity contribution is 0.238. The Hall–Kier alpha value is -1.02. The fourth-order valence-electron chi connectivity index (χ4n) is 1.83. The summed E-state index contributed by atoms with van der Waals surface area (Å²) in [4.78, 5) is 0. The van der Waals surface area contributed by atoms with Gasteiger partial charge in [-0.25, -0.2) is 0 Å². The van der Waals surface area contributed by atoms with Gasteiger partial charge in [0.15, 0.2) is 0 Å². The molecule has 15 heavy (non-hydrogen) atoms. The van der Waals surface area contributed by atoms with Crippen LogP contribution in [0.4, 0.5) is 0 Å². The molecule has 0 radical (unpaired) electrons. The molecular formula is C13H19NO. The van der Waals surface area contributed by atoms with Gasteiger partial charge < -0.3 is 10.5 Å². The summed E-state index contributed by atoms with van der Waals surface area (Å²) in [5, 5.41) is 0. The van der Waals surface area contributed by atoms with Gasteiger partial charge >= 0.3 is 0 Å². The molecular weight excluding hydrogens is 186 g/mol. The molecule has 0 spiro atoms. The molecule has 0 heterocycles. The summed E-state index contributed by atoms with van der Waals surface area (Å²) in [6, 6.07) is 8.28. The van der Waals surface area contributed by atoms with E-state index < -0.39 is 0 Å². The minimum absolute atomic E-state index is 0.153. The first-order chi connectivity index (χ1) is 7.18. The molecule has 1 saturated carbocycles. The second-order valence-corrected chi connectivity index (χ2v) is 4.57. The maximum atomic E-state index is 6.20. The fourth-order valence-corrected chi connectivity index (χ4v) is 1.83. The summed E-state index contributed by atoms with van der Waals surface area (Å²) in [7, 11) is 0. The van der Waals surface area contributed by atoms with Crippen molar-refractivity contribution in [3.8, 4) is 5.75 Å². The molecule has 1 fully saturated rings. The monoisotopic (exact) mass is 205 g/mol. The normalized spacial score (nSPS) is 17.9. The van der Waals surface area contributed by atoms with Gasteiger partial charge in [-0.1, -0.05) is 18.2 Å². The Balaban J connectivity index is 2.20. The third-order valence-electron chi connectivity index (χ3n) is 2.77. The lowest BCUT2D eigenvalue weighted by atomic mass is 10.0. The van der Waals surface area contributed by atoms with E-state index in [9.17, 15) is 0 Å². The fraction of sp³-hybridized carbons (Fsp3) is 0.538. The number of benzene rings is 1. The standard InChI is InChI=1S/C13H19NO/c1-9(2)15-12-6-4-3-5-11(12)13(14)10-7-8-10/h3-6,9-10,13H,7-8,14H2,1-2H3. The molecule has 2 heteroatoms. The minimum Gasteiger partial charge on any atom is -0.491 e. The van der Waals surface area contributed by atoms with Crippen LogP contribution in [0, 0.1) is 5.92 Å². The van der Waals surface area contributed by atoms with Crippen LogP contribution in [0.2, 0.25) is 0 Å². The first kappa shape index (κ1) is 10.5. The van der Waals surface area contributed by atoms with Gasteiger partial charge in [-0.2, -0.15) is 0 Å². The third-order valence-corrected chi connectivity index (χ3v) is 2.77. The second kappa shape index (κ2) is 4.23. The van der Waals surface area contributed by atoms with Gasteiger partial charge in [0.2, 0.25) is 0 Å². The Morgan fingerprint density at radius 3 is 2.53 bits per heavy atom. The van der Waals surface area contributed by atoms with Crippen LogP contribution in [0.3, 0.4) is 0 Å². The van der Waals surface area contributed by atoms with Crippen molar-refractivity contribution in [3.05, 3.63) is 29.8 Å². The van der Waals surface area contributed by atoms with Crippen molar-refractivity contribution in [2.75, 3.05) is 0 Å². The Bertz CT molecular complexity index is 331. The quantitative estimate of drug-likeness (QED) is 0.820. The predicted molar refractivity (Wildman–Crippen MR) is 61.9 cm³/mol. The summed E-state index contributed by atoms with van der Waals surface area (Å²) in [6.45, 7) is 4.08. The van der Waals surface area contributed by atoms with Gasteiger partial charge in [0.05, 0.1) is 6.10 Å². The van der Waals surface area contributed by atoms with Gasteiger partial charge in [-0.15, -0.1) is 0 Å². The molecule has 2 nitrogen and oxygen atoms in total. The molecule has 1 aliphatic carbocycles. The van der Waals surface area contributed by atoms with E-state index in [0.717, 1.165) is 11.3 Å². The summed E-state index contributed by atoms with van der Waals surface area (Å²) in [5.41, 5.74) is 7.36. The number of nitrogens with two attached hydrogens (primary N) is 1. The minimum atomic E-state index is 0.153. The Labute approximate surface area is 91.4 Å². The van der Waals surface area contributed by atoms with Gasteiger partial charge in [0.1, 0.15) is 5.75 Å². The molecule has 1 aromatic rings. The smallest absolute Gasteiger partial charge is 0.124 e. The van der Waals surface area contributed by atoms with Crippen LogP contribution in [-0.4, -0.2) is 6.10 Å². The molecule has 0 aromatic heterocycles. The highest BCUT2D eigenvalue weighted by atomic mass is 16.5. The third kappa shape index (κ3) is 2.51. The highest BCUT2D eigenvalue weighted by molar-refractivity contribution is 5.36. The maximum absolute atomic E-state index is 6.20. The average molecular weight is 205 g/mol. The summed E-state index contributed by atoms with van der Waals surface area (Å²) >= 11 is 0. The highest BCUT2D eigenvalue weighted by Gasteiger charge is 2.31. The van der Waals surface area contributed by atoms with Gasteiger partial charge in [-0.3, -0.25) is 0 Å². The molecule has 1 aliphatic rings. The van der Waals surface area contributed by atoms with Crippen LogP contribution in [0.25, 0.3) is 0 Å². The Morgan fingerprint density at radius 1 is 1.27 bits per heavy atom. The topological polar surface area (TPSA) is 35.2 Å². The molecule has 1 unspecified atom stereocenters. The van der Waals surface area contributed by atoms with E-state index in [0.29, 0.717) is 5.92 Å². The molecule has 0 amide bonds. The zero-order valence-corrected chi connectivity index (χ0v) is 9.44. The molecule has 1 aromatic carbocycles. The van der Waals surface area contributed by atoms with Crippen molar-refractivity contribution >= 4 is 0 Å². The zero-order chi connectivity index (χ0) is 10.8. The number of rotatable bonds is 4. The van der Waals surface area contributed by atoms with Gasteiger partial charge in [0.25, 0.3) is 0 Å². The maximum Gasteiger partial charge on any atom is 0.124 e. The summed E-state index contributed by atoms with van der Waals surface area (Å²) in [6.07, 6.45) is 2.73. The molecule has 0 bridgehead atoms. The lowest BCUT2D eigenvalue weighted by Crippen LogP contribution is -2.15. The van der Waals surface area contributed by atoms with Crippen molar-refractivity contribution in [1.29, 1.82) is 0 Å². The second-order valence-electron chi connectivity index (χ2n) is 4.57. The van der Waals surface area contributed by atoms with Gasteiger partial charge in [-0.05, 0) is 38.7 Å². The van der Waals surface area contributed by atoms with E-state index in [1.54, 1.807) is 0 Å². The van der Waals surface area contributed by atoms with Crippen molar-refractivity contribution < 1.29 is 4.74 Å². The lowest BCUT2D eigenvalue weighted by Gasteiger charge is -2.18. The Morgan fingerprint density at radius 2 is 1.93 bits per heavy atom. The zero-order valence-electron chi connectivity index (χ0n) is 9.44. The molecule has 82 valence electrons. The van der Waals surface area contributed by atoms with E-state index >= 15 is 0 Å². The Kier molecular flexibility index (Phi) is 2.96. The van der Waals surface area contributed by atoms with Crippen LogP contribution < -0.4 is 10.5 Å². The molecule has 0 aliphatic heterocycles. The number of para-hydroxylation sites is 1. The number of ether oxygens (including phenoxy) is 1. The first-order valence-corrected chi connectivity index (χ1v) is 5.69. The highest BCUT2D eigenvalue weighted by Crippen LogP contribution is 2.42. The van der Waals surface area contributed by atoms with Crippen molar-refractivity contribution in [2.24, 2.45) is 11.7 Å². The molecule has 2 N–H and O–H groups in total. The van der Waals surface area contributed by atoms with E-state index in [4.69, 9.17) is 10.5 Å². The average Bonchev–Trinajstić information content (AvgIpc) is 3.00. The molecule has 2 rings (SSSR count). The van der Waals surface area contributed by atoms with Crippen LogP contribution in [0.5, 0.6) is 5.75 Å². The van der Waals surface area contributed by atoms with E-state index in [2.05, 4.69) is 6.07 Å². The first-order valence-electron chi connectivity index (χ1n) is 5.69. The predicted octanol–water partition coefficient (Wildman–Crippen LogP) is 2.88. The summed E-state index contributed by atoms with van der Waals surface area (Å²) < 4.78 is 5.76. The van der Waals surface area contributed by atoms with E-state index in [1.165, 1.54) is 12.8 Å². The number of hydrogen-bond acceptors (Lipinski definition) is 2. The van der Waals surface area contributed by atoms with Crippen molar-refractivity contribution in [2.45, 2.75) is 38.8 Å².